The van der Waals surface area contributed by atoms with Gasteiger partial charge in [0.1, 0.15) is 10.6 Å². The highest BCUT2D eigenvalue weighted by Gasteiger charge is 2.21. The molecule has 0 saturated carbocycles. The zero-order valence-electron chi connectivity index (χ0n) is 15.3. The molecule has 0 amide bonds. The predicted octanol–water partition coefficient (Wildman–Crippen LogP) is 3.45. The summed E-state index contributed by atoms with van der Waals surface area (Å²) in [4.78, 5) is 29.3. The van der Waals surface area contributed by atoms with E-state index >= 15 is 0 Å². The lowest BCUT2D eigenvalue weighted by atomic mass is 10.2. The van der Waals surface area contributed by atoms with Crippen LogP contribution in [0.1, 0.15) is 11.1 Å². The van der Waals surface area contributed by atoms with Crippen LogP contribution < -0.4 is 11.2 Å². The zero-order valence-corrected chi connectivity index (χ0v) is 16.9. The molecule has 0 spiro atoms. The largest absolute Gasteiger partial charge is 0.494 e. The van der Waals surface area contributed by atoms with Crippen LogP contribution in [0.15, 0.2) is 69.2 Å². The van der Waals surface area contributed by atoms with Gasteiger partial charge in [0.25, 0.3) is 5.56 Å². The summed E-state index contributed by atoms with van der Waals surface area (Å²) in [5.74, 6) is 0.125. The molecular weight excluding hydrogens is 398 g/mol. The molecule has 0 fully saturated rings. The molecule has 28 heavy (non-hydrogen) atoms. The average Bonchev–Trinajstić information content (AvgIpc) is 2.71. The van der Waals surface area contributed by atoms with Gasteiger partial charge in [-0.05, 0) is 29.8 Å². The maximum atomic E-state index is 12.7. The highest BCUT2D eigenvalue weighted by molar-refractivity contribution is 8.13. The lowest BCUT2D eigenvalue weighted by molar-refractivity contribution is 0.410. The summed E-state index contributed by atoms with van der Waals surface area (Å²) in [6.07, 6.45) is 0. The third-order valence-electron chi connectivity index (χ3n) is 4.12. The Hall–Kier alpha value is -2.77. The molecule has 3 rings (SSSR count). The molecule has 0 unspecified atom stereocenters. The quantitative estimate of drug-likeness (QED) is 0.523. The molecule has 0 aliphatic rings. The smallest absolute Gasteiger partial charge is 0.333 e. The Bertz CT molecular complexity index is 1140. The first-order valence-electron chi connectivity index (χ1n) is 8.39. The van der Waals surface area contributed by atoms with Crippen LogP contribution in [0.25, 0.3) is 0 Å². The van der Waals surface area contributed by atoms with E-state index in [9.17, 15) is 14.7 Å². The first kappa shape index (κ1) is 20.0. The normalized spacial score (nSPS) is 11.6. The maximum absolute atomic E-state index is 12.7. The van der Waals surface area contributed by atoms with E-state index in [4.69, 9.17) is 11.6 Å². The number of halogens is 1. The molecule has 1 N–H and O–H groups in total. The minimum Gasteiger partial charge on any atom is -0.494 e. The highest BCUT2D eigenvalue weighted by atomic mass is 35.5. The van der Waals surface area contributed by atoms with Gasteiger partial charge in [-0.25, -0.2) is 9.79 Å². The van der Waals surface area contributed by atoms with Gasteiger partial charge in [0, 0.05) is 24.9 Å². The molecule has 0 bridgehead atoms. The van der Waals surface area contributed by atoms with E-state index in [1.165, 1.54) is 25.9 Å². The van der Waals surface area contributed by atoms with Crippen LogP contribution in [-0.2, 0) is 19.8 Å². The molecule has 1 aromatic heterocycles. The van der Waals surface area contributed by atoms with Gasteiger partial charge >= 0.3 is 5.69 Å². The van der Waals surface area contributed by atoms with Crippen molar-refractivity contribution in [3.05, 3.63) is 91.6 Å². The molecule has 0 aliphatic carbocycles. The predicted molar refractivity (Wildman–Crippen MR) is 114 cm³/mol. The van der Waals surface area contributed by atoms with Crippen LogP contribution in [0.4, 0.5) is 5.69 Å². The zero-order chi connectivity index (χ0) is 20.3. The Morgan fingerprint density at radius 3 is 2.32 bits per heavy atom. The van der Waals surface area contributed by atoms with E-state index in [0.29, 0.717) is 21.5 Å². The van der Waals surface area contributed by atoms with E-state index in [-0.39, 0.29) is 5.56 Å². The van der Waals surface area contributed by atoms with Gasteiger partial charge in [-0.3, -0.25) is 13.9 Å². The molecule has 6 nitrogen and oxygen atoms in total. The van der Waals surface area contributed by atoms with E-state index < -0.39 is 17.1 Å². The van der Waals surface area contributed by atoms with Crippen LogP contribution in [0, 0.1) is 0 Å². The van der Waals surface area contributed by atoms with Crippen molar-refractivity contribution in [3.63, 3.8) is 0 Å². The summed E-state index contributed by atoms with van der Waals surface area (Å²) in [5, 5.41) is 11.4. The first-order chi connectivity index (χ1) is 13.4. The number of benzene rings is 2. The van der Waals surface area contributed by atoms with Crippen molar-refractivity contribution >= 4 is 34.1 Å². The van der Waals surface area contributed by atoms with Crippen molar-refractivity contribution < 1.29 is 5.11 Å². The Morgan fingerprint density at radius 1 is 1.04 bits per heavy atom. The van der Waals surface area contributed by atoms with Gasteiger partial charge in [0.05, 0.1) is 5.69 Å². The van der Waals surface area contributed by atoms with Gasteiger partial charge < -0.3 is 5.11 Å². The lowest BCUT2D eigenvalue weighted by Crippen LogP contribution is -2.39. The van der Waals surface area contributed by atoms with Crippen LogP contribution >= 0.6 is 23.4 Å². The number of nitrogens with zero attached hydrogens (tertiary/aromatic N) is 3. The van der Waals surface area contributed by atoms with Crippen molar-refractivity contribution in [2.45, 2.75) is 5.75 Å². The fraction of sp³-hybridized carbons (Fsp3) is 0.150. The lowest BCUT2D eigenvalue weighted by Gasteiger charge is -2.12. The van der Waals surface area contributed by atoms with Crippen molar-refractivity contribution in [1.82, 2.24) is 9.13 Å². The Balaban J connectivity index is 2.12. The summed E-state index contributed by atoms with van der Waals surface area (Å²) in [6, 6.07) is 16.5. The number of aliphatic imine (C=N–C) groups is 1. The van der Waals surface area contributed by atoms with Gasteiger partial charge in [0.2, 0.25) is 5.88 Å². The van der Waals surface area contributed by atoms with E-state index in [2.05, 4.69) is 4.99 Å². The van der Waals surface area contributed by atoms with Crippen LogP contribution in [-0.4, -0.2) is 19.3 Å². The average molecular weight is 416 g/mol. The summed E-state index contributed by atoms with van der Waals surface area (Å²) in [5.41, 5.74) is 0.396. The second-order valence-corrected chi connectivity index (χ2v) is 7.47. The van der Waals surface area contributed by atoms with E-state index in [1.54, 1.807) is 24.3 Å². The third-order valence-corrected chi connectivity index (χ3v) is 5.42. The molecule has 0 saturated heterocycles. The SMILES string of the molecule is Cn1c(O)c(C(=Nc2ccc(Cl)cc2)SCc2ccccc2)c(=O)n(C)c1=O. The van der Waals surface area contributed by atoms with Crippen molar-refractivity contribution in [3.8, 4) is 5.88 Å². The van der Waals surface area contributed by atoms with Gasteiger partial charge in [0.15, 0.2) is 0 Å². The molecule has 3 aromatic rings. The van der Waals surface area contributed by atoms with Gasteiger partial charge in [-0.1, -0.05) is 41.9 Å². The number of rotatable bonds is 4. The molecular formula is C20H18ClN3O3S. The summed E-state index contributed by atoms with van der Waals surface area (Å²) < 4.78 is 1.98. The van der Waals surface area contributed by atoms with Crippen molar-refractivity contribution in [1.29, 1.82) is 0 Å². The second kappa shape index (κ2) is 8.50. The van der Waals surface area contributed by atoms with Crippen molar-refractivity contribution in [2.24, 2.45) is 19.1 Å². The fourth-order valence-corrected chi connectivity index (χ4v) is 3.65. The summed E-state index contributed by atoms with van der Waals surface area (Å²) in [6.45, 7) is 0. The molecule has 1 heterocycles. The number of aromatic hydroxyl groups is 1. The third kappa shape index (κ3) is 4.21. The monoisotopic (exact) mass is 415 g/mol. The summed E-state index contributed by atoms with van der Waals surface area (Å²) in [7, 11) is 2.78. The van der Waals surface area contributed by atoms with Crippen LogP contribution in [0.2, 0.25) is 5.02 Å². The standard InChI is InChI=1S/C20H18ClN3O3S/c1-23-18(25)16(19(26)24(2)20(23)27)17(22-15-10-8-14(21)9-11-15)28-12-13-6-4-3-5-7-13/h3-11,25H,12H2,1-2H3. The number of hydrogen-bond donors (Lipinski definition) is 1. The molecule has 0 atom stereocenters. The van der Waals surface area contributed by atoms with Crippen LogP contribution in [0.3, 0.4) is 0 Å². The summed E-state index contributed by atoms with van der Waals surface area (Å²) >= 11 is 7.24. The second-order valence-electron chi connectivity index (χ2n) is 6.07. The molecule has 8 heteroatoms. The number of hydrogen-bond acceptors (Lipinski definition) is 5. The number of thioether (sulfide) groups is 1. The van der Waals surface area contributed by atoms with E-state index in [0.717, 1.165) is 14.7 Å². The minimum atomic E-state index is -0.606. The van der Waals surface area contributed by atoms with E-state index in [1.807, 2.05) is 30.3 Å². The molecule has 2 aromatic carbocycles. The topological polar surface area (TPSA) is 76.6 Å². The van der Waals surface area contributed by atoms with Gasteiger partial charge in [-0.15, -0.1) is 11.8 Å². The first-order valence-corrected chi connectivity index (χ1v) is 9.75. The fourth-order valence-electron chi connectivity index (χ4n) is 2.54. The maximum Gasteiger partial charge on any atom is 0.333 e. The van der Waals surface area contributed by atoms with Crippen LogP contribution in [0.5, 0.6) is 5.88 Å². The number of aromatic nitrogens is 2. The molecule has 0 aliphatic heterocycles. The Labute approximate surface area is 170 Å². The highest BCUT2D eigenvalue weighted by Crippen LogP contribution is 2.26. The van der Waals surface area contributed by atoms with Gasteiger partial charge in [-0.2, -0.15) is 0 Å². The molecule has 144 valence electrons. The Kier molecular flexibility index (Phi) is 6.06. The minimum absolute atomic E-state index is 0.0134. The van der Waals surface area contributed by atoms with Crippen molar-refractivity contribution in [2.75, 3.05) is 0 Å². The Morgan fingerprint density at radius 2 is 1.68 bits per heavy atom. The molecule has 0 radical (unpaired) electrons.